The van der Waals surface area contributed by atoms with Crippen LogP contribution in [0.25, 0.3) is 0 Å². The lowest BCUT2D eigenvalue weighted by Crippen LogP contribution is -2.00. The van der Waals surface area contributed by atoms with Gasteiger partial charge >= 0.3 is 0 Å². The molecule has 0 saturated carbocycles. The Kier molecular flexibility index (Phi) is 4.86. The molecule has 0 saturated heterocycles. The van der Waals surface area contributed by atoms with Crippen LogP contribution in [-0.4, -0.2) is 13.4 Å². The maximum Gasteiger partial charge on any atom is 0.180 e. The minimum absolute atomic E-state index is 0.361. The molecular weight excluding hydrogens is 288 g/mol. The second-order valence-corrected chi connectivity index (χ2v) is 5.27. The summed E-state index contributed by atoms with van der Waals surface area (Å²) in [7, 11) is 1.52. The third-order valence-electron chi connectivity index (χ3n) is 3.34. The number of hydrogen-bond acceptors (Lipinski definition) is 3. The quantitative estimate of drug-likeness (QED) is 0.770. The molecule has 0 unspecified atom stereocenters. The lowest BCUT2D eigenvalue weighted by atomic mass is 10.1. The van der Waals surface area contributed by atoms with Gasteiger partial charge in [0, 0.05) is 5.56 Å². The lowest BCUT2D eigenvalue weighted by molar-refractivity contribution is 0.112. The van der Waals surface area contributed by atoms with Gasteiger partial charge in [-0.05, 0) is 42.7 Å². The highest BCUT2D eigenvalue weighted by Gasteiger charge is 2.12. The number of rotatable bonds is 5. The molecule has 110 valence electrons. The number of aldehydes is 1. The van der Waals surface area contributed by atoms with E-state index in [2.05, 4.69) is 26.0 Å². The van der Waals surface area contributed by atoms with Crippen LogP contribution >= 0.6 is 11.6 Å². The predicted octanol–water partition coefficient (Wildman–Crippen LogP) is 4.36. The summed E-state index contributed by atoms with van der Waals surface area (Å²) in [5.41, 5.74) is 3.96. The van der Waals surface area contributed by atoms with Crippen LogP contribution in [0.5, 0.6) is 11.5 Å². The topological polar surface area (TPSA) is 35.5 Å². The molecule has 0 spiro atoms. The summed E-state index contributed by atoms with van der Waals surface area (Å²) in [6.07, 6.45) is 0.724. The highest BCUT2D eigenvalue weighted by Crippen LogP contribution is 2.36. The van der Waals surface area contributed by atoms with Crippen LogP contribution in [0, 0.1) is 13.8 Å². The fourth-order valence-corrected chi connectivity index (χ4v) is 2.27. The highest BCUT2D eigenvalue weighted by molar-refractivity contribution is 6.32. The number of ether oxygens (including phenoxy) is 2. The van der Waals surface area contributed by atoms with E-state index in [1.807, 2.05) is 6.07 Å². The van der Waals surface area contributed by atoms with Crippen LogP contribution in [0.3, 0.4) is 0 Å². The summed E-state index contributed by atoms with van der Waals surface area (Å²) in [4.78, 5) is 10.8. The molecule has 0 bridgehead atoms. The molecular formula is C17H17ClO3. The highest BCUT2D eigenvalue weighted by atomic mass is 35.5. The van der Waals surface area contributed by atoms with Crippen LogP contribution in [-0.2, 0) is 6.61 Å². The molecule has 4 heteroatoms. The van der Waals surface area contributed by atoms with Crippen molar-refractivity contribution in [1.29, 1.82) is 0 Å². The van der Waals surface area contributed by atoms with Crippen molar-refractivity contribution in [3.63, 3.8) is 0 Å². The van der Waals surface area contributed by atoms with Crippen molar-refractivity contribution in [2.24, 2.45) is 0 Å². The Morgan fingerprint density at radius 1 is 1.14 bits per heavy atom. The molecule has 0 N–H and O–H groups in total. The van der Waals surface area contributed by atoms with Gasteiger partial charge in [0.2, 0.25) is 0 Å². The number of carbonyl (C=O) groups excluding carboxylic acids is 1. The fraction of sp³-hybridized carbons (Fsp3) is 0.235. The average Bonchev–Trinajstić information content (AvgIpc) is 2.48. The van der Waals surface area contributed by atoms with Crippen molar-refractivity contribution in [3.8, 4) is 11.5 Å². The Bertz CT molecular complexity index is 665. The van der Waals surface area contributed by atoms with Gasteiger partial charge in [-0.3, -0.25) is 4.79 Å². The van der Waals surface area contributed by atoms with Crippen LogP contribution in [0.1, 0.15) is 27.0 Å². The Morgan fingerprint density at radius 3 is 2.52 bits per heavy atom. The molecule has 0 heterocycles. The van der Waals surface area contributed by atoms with Crippen molar-refractivity contribution < 1.29 is 14.3 Å². The number of halogens is 1. The predicted molar refractivity (Wildman–Crippen MR) is 83.6 cm³/mol. The Hall–Kier alpha value is -2.00. The van der Waals surface area contributed by atoms with Crippen molar-refractivity contribution in [1.82, 2.24) is 0 Å². The molecule has 21 heavy (non-hydrogen) atoms. The maximum absolute atomic E-state index is 10.8. The number of aryl methyl sites for hydroxylation is 2. The summed E-state index contributed by atoms with van der Waals surface area (Å²) in [6, 6.07) is 9.32. The van der Waals surface area contributed by atoms with Crippen molar-refractivity contribution in [2.45, 2.75) is 20.5 Å². The first-order valence-corrected chi connectivity index (χ1v) is 6.94. The zero-order valence-corrected chi connectivity index (χ0v) is 13.0. The molecule has 0 aliphatic heterocycles. The van der Waals surface area contributed by atoms with Crippen LogP contribution < -0.4 is 9.47 Å². The van der Waals surface area contributed by atoms with E-state index >= 15 is 0 Å². The monoisotopic (exact) mass is 304 g/mol. The number of carbonyl (C=O) groups is 1. The summed E-state index contributed by atoms with van der Waals surface area (Å²) in [5, 5.41) is 0.361. The molecule has 0 aliphatic rings. The third kappa shape index (κ3) is 3.56. The average molecular weight is 305 g/mol. The Labute approximate surface area is 129 Å². The molecule has 2 aromatic rings. The van der Waals surface area contributed by atoms with Crippen molar-refractivity contribution in [2.75, 3.05) is 7.11 Å². The number of methoxy groups -OCH3 is 1. The molecule has 2 aromatic carbocycles. The molecule has 0 aliphatic carbocycles. The first kappa shape index (κ1) is 15.4. The first-order chi connectivity index (χ1) is 10.0. The molecule has 0 aromatic heterocycles. The van der Waals surface area contributed by atoms with Gasteiger partial charge in [0.25, 0.3) is 0 Å². The van der Waals surface area contributed by atoms with E-state index < -0.39 is 0 Å². The second-order valence-electron chi connectivity index (χ2n) is 4.86. The summed E-state index contributed by atoms with van der Waals surface area (Å²) in [6.45, 7) is 4.51. The van der Waals surface area contributed by atoms with Crippen LogP contribution in [0.15, 0.2) is 30.3 Å². The van der Waals surface area contributed by atoms with Gasteiger partial charge in [0.05, 0.1) is 12.1 Å². The van der Waals surface area contributed by atoms with Gasteiger partial charge in [0.15, 0.2) is 11.5 Å². The van der Waals surface area contributed by atoms with E-state index in [1.165, 1.54) is 18.2 Å². The molecule has 2 rings (SSSR count). The first-order valence-electron chi connectivity index (χ1n) is 6.56. The fourth-order valence-electron chi connectivity index (χ4n) is 2.00. The Morgan fingerprint density at radius 2 is 1.90 bits per heavy atom. The zero-order valence-electron chi connectivity index (χ0n) is 12.3. The van der Waals surface area contributed by atoms with Gasteiger partial charge in [0.1, 0.15) is 12.9 Å². The minimum Gasteiger partial charge on any atom is -0.493 e. The van der Waals surface area contributed by atoms with E-state index in [4.69, 9.17) is 21.1 Å². The second kappa shape index (κ2) is 6.64. The van der Waals surface area contributed by atoms with Gasteiger partial charge in [-0.25, -0.2) is 0 Å². The molecule has 0 radical (unpaired) electrons. The third-order valence-corrected chi connectivity index (χ3v) is 3.62. The van der Waals surface area contributed by atoms with Crippen LogP contribution in [0.2, 0.25) is 5.02 Å². The largest absolute Gasteiger partial charge is 0.493 e. The van der Waals surface area contributed by atoms with Gasteiger partial charge in [-0.15, -0.1) is 0 Å². The molecule has 0 fully saturated rings. The standard InChI is InChI=1S/C17H17ClO3/c1-11-4-5-13(6-12(11)2)10-21-17-15(18)7-14(9-19)8-16(17)20-3/h4-9H,10H2,1-3H3. The van der Waals surface area contributed by atoms with E-state index in [0.717, 1.165) is 11.8 Å². The summed E-state index contributed by atoms with van der Waals surface area (Å²) in [5.74, 6) is 0.899. The van der Waals surface area contributed by atoms with E-state index in [-0.39, 0.29) is 0 Å². The van der Waals surface area contributed by atoms with Gasteiger partial charge < -0.3 is 9.47 Å². The Balaban J connectivity index is 2.23. The minimum atomic E-state index is 0.361. The normalized spacial score (nSPS) is 10.3. The van der Waals surface area contributed by atoms with Gasteiger partial charge in [-0.1, -0.05) is 29.8 Å². The SMILES string of the molecule is COc1cc(C=O)cc(Cl)c1OCc1ccc(C)c(C)c1. The lowest BCUT2D eigenvalue weighted by Gasteiger charge is -2.13. The maximum atomic E-state index is 10.8. The van der Waals surface area contributed by atoms with E-state index in [1.54, 1.807) is 12.1 Å². The van der Waals surface area contributed by atoms with Crippen molar-refractivity contribution in [3.05, 3.63) is 57.6 Å². The molecule has 0 atom stereocenters. The van der Waals surface area contributed by atoms with E-state index in [0.29, 0.717) is 28.7 Å². The van der Waals surface area contributed by atoms with Crippen LogP contribution in [0.4, 0.5) is 0 Å². The summed E-state index contributed by atoms with van der Waals surface area (Å²) >= 11 is 6.15. The smallest absolute Gasteiger partial charge is 0.180 e. The molecule has 3 nitrogen and oxygen atoms in total. The number of benzene rings is 2. The van der Waals surface area contributed by atoms with Crippen molar-refractivity contribution >= 4 is 17.9 Å². The summed E-state index contributed by atoms with van der Waals surface area (Å²) < 4.78 is 11.0. The molecule has 0 amide bonds. The zero-order chi connectivity index (χ0) is 15.4. The van der Waals surface area contributed by atoms with E-state index in [9.17, 15) is 4.79 Å². The van der Waals surface area contributed by atoms with Gasteiger partial charge in [-0.2, -0.15) is 0 Å². The number of hydrogen-bond donors (Lipinski definition) is 0.